The number of benzene rings is 1. The van der Waals surface area contributed by atoms with Crippen LogP contribution in [0.25, 0.3) is 0 Å². The van der Waals surface area contributed by atoms with Gasteiger partial charge in [-0.05, 0) is 31.4 Å². The van der Waals surface area contributed by atoms with E-state index in [2.05, 4.69) is 21.6 Å². The fraction of sp³-hybridized carbons (Fsp3) is 0.562. The van der Waals surface area contributed by atoms with E-state index < -0.39 is 0 Å². The zero-order valence-electron chi connectivity index (χ0n) is 13.5. The molecule has 0 spiro atoms. The maximum Gasteiger partial charge on any atom is 0.238 e. The number of nitrogens with one attached hydrogen (secondary N) is 2. The molecule has 1 heterocycles. The highest BCUT2D eigenvalue weighted by Gasteiger charge is 2.15. The summed E-state index contributed by atoms with van der Waals surface area (Å²) in [6.07, 6.45) is 3.75. The molecule has 1 fully saturated rings. The van der Waals surface area contributed by atoms with E-state index in [1.165, 1.54) is 19.3 Å². The molecule has 7 heteroatoms. The zero-order valence-corrected chi connectivity index (χ0v) is 15.2. The monoisotopic (exact) mass is 363 g/mol. The molecule has 0 radical (unpaired) electrons. The molecule has 1 aliphatic heterocycles. The molecule has 0 unspecified atom stereocenters. The predicted molar refractivity (Wildman–Crippen MR) is 100 cm³/mol. The second kappa shape index (κ2) is 12.4. The van der Waals surface area contributed by atoms with Gasteiger partial charge in [0, 0.05) is 26.7 Å². The van der Waals surface area contributed by atoms with Gasteiger partial charge in [-0.25, -0.2) is 0 Å². The zero-order chi connectivity index (χ0) is 14.9. The second-order valence-corrected chi connectivity index (χ2v) is 5.28. The number of halogens is 2. The molecule has 1 amide bonds. The largest absolute Gasteiger partial charge is 0.383 e. The van der Waals surface area contributed by atoms with Crippen molar-refractivity contribution < 1.29 is 9.53 Å². The molecule has 1 aromatic carbocycles. The number of anilines is 2. The van der Waals surface area contributed by atoms with Crippen molar-refractivity contribution in [3.8, 4) is 0 Å². The summed E-state index contributed by atoms with van der Waals surface area (Å²) in [5.41, 5.74) is 2.03. The summed E-state index contributed by atoms with van der Waals surface area (Å²) in [6.45, 7) is 3.73. The Bertz CT molecular complexity index is 455. The van der Waals surface area contributed by atoms with Gasteiger partial charge in [-0.1, -0.05) is 12.1 Å². The van der Waals surface area contributed by atoms with Crippen LogP contribution in [0.5, 0.6) is 0 Å². The fourth-order valence-corrected chi connectivity index (χ4v) is 2.56. The number of amides is 1. The third kappa shape index (κ3) is 7.40. The molecule has 132 valence electrons. The molecule has 0 atom stereocenters. The lowest BCUT2D eigenvalue weighted by atomic mass is 10.1. The highest BCUT2D eigenvalue weighted by atomic mass is 35.5. The Morgan fingerprint density at radius 1 is 1.17 bits per heavy atom. The molecule has 0 aromatic heterocycles. The molecular weight excluding hydrogens is 337 g/mol. The van der Waals surface area contributed by atoms with E-state index in [0.717, 1.165) is 24.5 Å². The highest BCUT2D eigenvalue weighted by Crippen LogP contribution is 2.28. The van der Waals surface area contributed by atoms with Crippen LogP contribution in [-0.2, 0) is 9.53 Å². The lowest BCUT2D eigenvalue weighted by molar-refractivity contribution is -0.115. The summed E-state index contributed by atoms with van der Waals surface area (Å²) >= 11 is 0. The molecule has 1 aliphatic rings. The average molecular weight is 364 g/mol. The summed E-state index contributed by atoms with van der Waals surface area (Å²) in [7, 11) is 1.65. The Balaban J connectivity index is 0.00000242. The van der Waals surface area contributed by atoms with Gasteiger partial charge in [0.1, 0.15) is 0 Å². The Kier molecular flexibility index (Phi) is 11.9. The maximum absolute atomic E-state index is 12.0. The van der Waals surface area contributed by atoms with Crippen molar-refractivity contribution in [2.75, 3.05) is 50.1 Å². The van der Waals surface area contributed by atoms with E-state index in [1.807, 2.05) is 18.2 Å². The van der Waals surface area contributed by atoms with Crippen molar-refractivity contribution in [3.63, 3.8) is 0 Å². The minimum atomic E-state index is -0.0180. The van der Waals surface area contributed by atoms with E-state index in [1.54, 1.807) is 7.11 Å². The molecule has 1 aromatic rings. The van der Waals surface area contributed by atoms with Crippen LogP contribution >= 0.6 is 24.8 Å². The fourth-order valence-electron chi connectivity index (χ4n) is 2.56. The number of ether oxygens (including phenoxy) is 1. The summed E-state index contributed by atoms with van der Waals surface area (Å²) < 4.78 is 4.94. The lowest BCUT2D eigenvalue weighted by Crippen LogP contribution is -2.32. The third-order valence-electron chi connectivity index (χ3n) is 3.64. The molecule has 1 saturated heterocycles. The number of nitrogens with zero attached hydrogens (tertiary/aromatic N) is 1. The number of hydrogen-bond acceptors (Lipinski definition) is 4. The number of methoxy groups -OCH3 is 1. The van der Waals surface area contributed by atoms with E-state index in [4.69, 9.17) is 4.74 Å². The standard InChI is InChI=1S/C16H25N3O2.2ClH/c1-21-12-9-17-13-16(20)18-14-7-3-4-8-15(14)19-10-5-2-6-11-19;;/h3-4,7-8,17H,2,5-6,9-13H2,1H3,(H,18,20);2*1H. The number of carbonyl (C=O) groups is 1. The molecule has 23 heavy (non-hydrogen) atoms. The average Bonchev–Trinajstić information content (AvgIpc) is 2.53. The first-order valence-corrected chi connectivity index (χ1v) is 7.65. The Labute approximate surface area is 151 Å². The van der Waals surface area contributed by atoms with Gasteiger partial charge in [-0.15, -0.1) is 24.8 Å². The van der Waals surface area contributed by atoms with Crippen molar-refractivity contribution in [3.05, 3.63) is 24.3 Å². The van der Waals surface area contributed by atoms with E-state index in [0.29, 0.717) is 19.7 Å². The van der Waals surface area contributed by atoms with Crippen molar-refractivity contribution in [2.45, 2.75) is 19.3 Å². The SMILES string of the molecule is COCCNCC(=O)Nc1ccccc1N1CCCCC1.Cl.Cl. The first kappa shape index (κ1) is 22.0. The van der Waals surface area contributed by atoms with Crippen molar-refractivity contribution in [1.82, 2.24) is 5.32 Å². The highest BCUT2D eigenvalue weighted by molar-refractivity contribution is 5.95. The van der Waals surface area contributed by atoms with Crippen molar-refractivity contribution >= 4 is 42.1 Å². The van der Waals surface area contributed by atoms with Gasteiger partial charge >= 0.3 is 0 Å². The summed E-state index contributed by atoms with van der Waals surface area (Å²) in [4.78, 5) is 14.3. The van der Waals surface area contributed by atoms with Gasteiger partial charge in [-0.3, -0.25) is 4.79 Å². The smallest absolute Gasteiger partial charge is 0.238 e. The van der Waals surface area contributed by atoms with Crippen LogP contribution in [-0.4, -0.2) is 45.8 Å². The number of para-hydroxylation sites is 2. The summed E-state index contributed by atoms with van der Waals surface area (Å²) in [6, 6.07) is 8.04. The van der Waals surface area contributed by atoms with Crippen LogP contribution in [0.1, 0.15) is 19.3 Å². The molecule has 2 rings (SSSR count). The molecule has 0 bridgehead atoms. The predicted octanol–water partition coefficient (Wildman–Crippen LogP) is 2.70. The first-order valence-electron chi connectivity index (χ1n) is 7.65. The van der Waals surface area contributed by atoms with Crippen LogP contribution in [0.2, 0.25) is 0 Å². The number of rotatable bonds is 7. The maximum atomic E-state index is 12.0. The van der Waals surface area contributed by atoms with Crippen LogP contribution in [0.3, 0.4) is 0 Å². The van der Waals surface area contributed by atoms with Crippen LogP contribution in [0.4, 0.5) is 11.4 Å². The van der Waals surface area contributed by atoms with Gasteiger partial charge in [0.15, 0.2) is 0 Å². The first-order chi connectivity index (χ1) is 10.3. The molecule has 0 aliphatic carbocycles. The van der Waals surface area contributed by atoms with Gasteiger partial charge in [-0.2, -0.15) is 0 Å². The normalized spacial score (nSPS) is 13.7. The van der Waals surface area contributed by atoms with Gasteiger partial charge < -0.3 is 20.3 Å². The second-order valence-electron chi connectivity index (χ2n) is 5.28. The van der Waals surface area contributed by atoms with E-state index in [-0.39, 0.29) is 30.7 Å². The molecule has 2 N–H and O–H groups in total. The number of carbonyl (C=O) groups excluding carboxylic acids is 1. The lowest BCUT2D eigenvalue weighted by Gasteiger charge is -2.30. The van der Waals surface area contributed by atoms with Crippen LogP contribution < -0.4 is 15.5 Å². The van der Waals surface area contributed by atoms with Gasteiger partial charge in [0.2, 0.25) is 5.91 Å². The third-order valence-corrected chi connectivity index (χ3v) is 3.64. The summed E-state index contributed by atoms with van der Waals surface area (Å²) in [5.74, 6) is -0.0180. The Morgan fingerprint density at radius 2 is 1.87 bits per heavy atom. The van der Waals surface area contributed by atoms with E-state index >= 15 is 0 Å². The van der Waals surface area contributed by atoms with Crippen molar-refractivity contribution in [2.24, 2.45) is 0 Å². The molecular formula is C16H27Cl2N3O2. The van der Waals surface area contributed by atoms with Crippen LogP contribution in [0.15, 0.2) is 24.3 Å². The minimum absolute atomic E-state index is 0. The van der Waals surface area contributed by atoms with Gasteiger partial charge in [0.25, 0.3) is 0 Å². The van der Waals surface area contributed by atoms with Crippen LogP contribution in [0, 0.1) is 0 Å². The quantitative estimate of drug-likeness (QED) is 0.731. The summed E-state index contributed by atoms with van der Waals surface area (Å²) in [5, 5.41) is 6.06. The Morgan fingerprint density at radius 3 is 2.57 bits per heavy atom. The molecule has 0 saturated carbocycles. The molecule has 5 nitrogen and oxygen atoms in total. The number of piperidine rings is 1. The Hall–Kier alpha value is -1.01. The van der Waals surface area contributed by atoms with Gasteiger partial charge in [0.05, 0.1) is 24.5 Å². The minimum Gasteiger partial charge on any atom is -0.383 e. The topological polar surface area (TPSA) is 53.6 Å². The van der Waals surface area contributed by atoms with Crippen molar-refractivity contribution in [1.29, 1.82) is 0 Å². The van der Waals surface area contributed by atoms with E-state index in [9.17, 15) is 4.79 Å². The number of hydrogen-bond donors (Lipinski definition) is 2.